The van der Waals surface area contributed by atoms with Gasteiger partial charge in [0.25, 0.3) is 0 Å². The number of hydrogen-bond acceptors (Lipinski definition) is 2. The van der Waals surface area contributed by atoms with E-state index in [0.717, 1.165) is 38.9 Å². The Kier molecular flexibility index (Phi) is 20.6. The fourth-order valence-corrected chi connectivity index (χ4v) is 3.05. The predicted molar refractivity (Wildman–Crippen MR) is 113 cm³/mol. The van der Waals surface area contributed by atoms with Gasteiger partial charge in [0.2, 0.25) is 0 Å². The van der Waals surface area contributed by atoms with E-state index in [1.165, 1.54) is 83.5 Å². The van der Waals surface area contributed by atoms with Gasteiger partial charge in [-0.15, -0.1) is 0 Å². The van der Waals surface area contributed by atoms with Gasteiger partial charge in [-0.25, -0.2) is 0 Å². The fraction of sp³-hybridized carbons (Fsp3) is 0.952. The first-order valence-electron chi connectivity index (χ1n) is 11.0. The molecule has 0 fully saturated rings. The second-order valence-electron chi connectivity index (χ2n) is 7.29. The molecule has 0 aromatic heterocycles. The van der Waals surface area contributed by atoms with Crippen LogP contribution in [0.4, 0.5) is 0 Å². The Morgan fingerprint density at radius 1 is 0.680 bits per heavy atom. The zero-order valence-corrected chi connectivity index (χ0v) is 17.0. The number of unbranched alkanes of at least 4 members (excludes halogenated alkanes) is 14. The number of guanidine groups is 1. The first-order valence-corrected chi connectivity index (χ1v) is 11.0. The first kappa shape index (κ1) is 24.2. The van der Waals surface area contributed by atoms with Gasteiger partial charge >= 0.3 is 0 Å². The topological polar surface area (TPSA) is 76.4 Å². The summed E-state index contributed by atoms with van der Waals surface area (Å²) in [6, 6.07) is 0. The van der Waals surface area contributed by atoms with Gasteiger partial charge in [0.1, 0.15) is 0 Å². The molecule has 0 saturated heterocycles. The maximum atomic E-state index is 5.82. The van der Waals surface area contributed by atoms with Crippen LogP contribution in [0.15, 0.2) is 4.99 Å². The van der Waals surface area contributed by atoms with Crippen LogP contribution in [-0.2, 0) is 0 Å². The van der Waals surface area contributed by atoms with Crippen molar-refractivity contribution in [3.05, 3.63) is 0 Å². The lowest BCUT2D eigenvalue weighted by atomic mass is 10.0. The van der Waals surface area contributed by atoms with Crippen molar-refractivity contribution < 1.29 is 0 Å². The quantitative estimate of drug-likeness (QED) is 0.171. The zero-order chi connectivity index (χ0) is 18.4. The molecule has 0 saturated carbocycles. The molecule has 25 heavy (non-hydrogen) atoms. The molecule has 0 radical (unpaired) electrons. The van der Waals surface area contributed by atoms with E-state index in [1.54, 1.807) is 0 Å². The highest BCUT2D eigenvalue weighted by Crippen LogP contribution is 2.12. The van der Waals surface area contributed by atoms with Crippen LogP contribution in [0.5, 0.6) is 0 Å². The molecule has 0 amide bonds. The van der Waals surface area contributed by atoms with E-state index in [9.17, 15) is 0 Å². The van der Waals surface area contributed by atoms with E-state index in [1.807, 2.05) is 0 Å². The molecule has 0 aromatic carbocycles. The Hall–Kier alpha value is -0.770. The fourth-order valence-electron chi connectivity index (χ4n) is 3.05. The standard InChI is InChI=1S/C21H46N4/c1-2-3-4-5-6-7-8-9-10-11-12-13-14-16-19-24-21(23)25-20-17-15-18-22/h2-20,22H2,1H3,(H3,23,24,25). The van der Waals surface area contributed by atoms with E-state index >= 15 is 0 Å². The third-order valence-corrected chi connectivity index (χ3v) is 4.73. The lowest BCUT2D eigenvalue weighted by Gasteiger charge is -2.05. The monoisotopic (exact) mass is 354 g/mol. The number of nitrogens with one attached hydrogen (secondary N) is 1. The third kappa shape index (κ3) is 21.2. The van der Waals surface area contributed by atoms with Gasteiger partial charge in [-0.1, -0.05) is 90.4 Å². The van der Waals surface area contributed by atoms with Gasteiger partial charge in [-0.3, -0.25) is 4.99 Å². The molecule has 0 unspecified atom stereocenters. The van der Waals surface area contributed by atoms with Crippen LogP contribution < -0.4 is 16.8 Å². The largest absolute Gasteiger partial charge is 0.370 e. The number of rotatable bonds is 19. The predicted octanol–water partition coefficient (Wildman–Crippen LogP) is 5.11. The Morgan fingerprint density at radius 3 is 1.64 bits per heavy atom. The number of aliphatic imine (C=N–C) groups is 1. The summed E-state index contributed by atoms with van der Waals surface area (Å²) in [4.78, 5) is 4.37. The summed E-state index contributed by atoms with van der Waals surface area (Å²) in [5.41, 5.74) is 11.3. The summed E-state index contributed by atoms with van der Waals surface area (Å²) in [6.07, 6.45) is 21.5. The van der Waals surface area contributed by atoms with E-state index < -0.39 is 0 Å². The molecular weight excluding hydrogens is 308 g/mol. The van der Waals surface area contributed by atoms with E-state index in [0.29, 0.717) is 5.96 Å². The van der Waals surface area contributed by atoms with Gasteiger partial charge in [-0.05, 0) is 25.8 Å². The molecule has 4 nitrogen and oxygen atoms in total. The summed E-state index contributed by atoms with van der Waals surface area (Å²) in [5, 5.41) is 3.14. The summed E-state index contributed by atoms with van der Waals surface area (Å²) >= 11 is 0. The molecule has 0 aliphatic heterocycles. The molecule has 0 rings (SSSR count). The van der Waals surface area contributed by atoms with Crippen LogP contribution in [-0.4, -0.2) is 25.6 Å². The Labute approximate surface area is 157 Å². The van der Waals surface area contributed by atoms with Gasteiger partial charge < -0.3 is 16.8 Å². The Morgan fingerprint density at radius 2 is 1.16 bits per heavy atom. The summed E-state index contributed by atoms with van der Waals surface area (Å²) in [6.45, 7) is 4.77. The molecule has 0 atom stereocenters. The first-order chi connectivity index (χ1) is 12.3. The van der Waals surface area contributed by atoms with Crippen molar-refractivity contribution >= 4 is 5.96 Å². The zero-order valence-electron chi connectivity index (χ0n) is 17.0. The lowest BCUT2D eigenvalue weighted by Crippen LogP contribution is -2.32. The van der Waals surface area contributed by atoms with Crippen molar-refractivity contribution in [3.63, 3.8) is 0 Å². The third-order valence-electron chi connectivity index (χ3n) is 4.73. The van der Waals surface area contributed by atoms with E-state index in [-0.39, 0.29) is 0 Å². The second kappa shape index (κ2) is 21.3. The van der Waals surface area contributed by atoms with Gasteiger partial charge in [-0.2, -0.15) is 0 Å². The number of hydrogen-bond donors (Lipinski definition) is 3. The van der Waals surface area contributed by atoms with Crippen molar-refractivity contribution in [2.24, 2.45) is 16.5 Å². The van der Waals surface area contributed by atoms with Crippen LogP contribution in [0.1, 0.15) is 110 Å². The van der Waals surface area contributed by atoms with Crippen molar-refractivity contribution in [1.82, 2.24) is 5.32 Å². The molecular formula is C21H46N4. The van der Waals surface area contributed by atoms with Crippen molar-refractivity contribution in [3.8, 4) is 0 Å². The number of nitrogens with zero attached hydrogens (tertiary/aromatic N) is 1. The summed E-state index contributed by atoms with van der Waals surface area (Å²) < 4.78 is 0. The van der Waals surface area contributed by atoms with Gasteiger partial charge in [0.15, 0.2) is 5.96 Å². The molecule has 0 aromatic rings. The van der Waals surface area contributed by atoms with Crippen LogP contribution in [0, 0.1) is 0 Å². The molecule has 5 N–H and O–H groups in total. The molecule has 0 spiro atoms. The molecule has 0 heterocycles. The van der Waals surface area contributed by atoms with Gasteiger partial charge in [0.05, 0.1) is 0 Å². The second-order valence-corrected chi connectivity index (χ2v) is 7.29. The van der Waals surface area contributed by atoms with Crippen LogP contribution in [0.2, 0.25) is 0 Å². The normalized spacial score (nSPS) is 11.8. The average Bonchev–Trinajstić information content (AvgIpc) is 2.62. The van der Waals surface area contributed by atoms with Crippen LogP contribution in [0.3, 0.4) is 0 Å². The molecule has 0 aliphatic rings. The van der Waals surface area contributed by atoms with E-state index in [4.69, 9.17) is 11.5 Å². The average molecular weight is 355 g/mol. The Bertz CT molecular complexity index is 279. The van der Waals surface area contributed by atoms with E-state index in [2.05, 4.69) is 17.2 Å². The maximum absolute atomic E-state index is 5.82. The van der Waals surface area contributed by atoms with Crippen molar-refractivity contribution in [2.45, 2.75) is 110 Å². The highest BCUT2D eigenvalue weighted by atomic mass is 15.1. The van der Waals surface area contributed by atoms with Crippen LogP contribution in [0.25, 0.3) is 0 Å². The van der Waals surface area contributed by atoms with Crippen molar-refractivity contribution in [2.75, 3.05) is 19.6 Å². The minimum absolute atomic E-state index is 0.590. The smallest absolute Gasteiger partial charge is 0.188 e. The summed E-state index contributed by atoms with van der Waals surface area (Å²) in [5.74, 6) is 0.590. The van der Waals surface area contributed by atoms with Crippen molar-refractivity contribution in [1.29, 1.82) is 0 Å². The Balaban J connectivity index is 3.15. The van der Waals surface area contributed by atoms with Crippen LogP contribution >= 0.6 is 0 Å². The molecule has 0 bridgehead atoms. The molecule has 0 aliphatic carbocycles. The lowest BCUT2D eigenvalue weighted by molar-refractivity contribution is 0.536. The molecule has 150 valence electrons. The minimum Gasteiger partial charge on any atom is -0.370 e. The van der Waals surface area contributed by atoms with Gasteiger partial charge in [0, 0.05) is 13.1 Å². The highest BCUT2D eigenvalue weighted by Gasteiger charge is 1.95. The minimum atomic E-state index is 0.590. The number of nitrogens with two attached hydrogens (primary N) is 2. The maximum Gasteiger partial charge on any atom is 0.188 e. The summed E-state index contributed by atoms with van der Waals surface area (Å²) in [7, 11) is 0. The molecule has 4 heteroatoms. The SMILES string of the molecule is CCCCCCCCCCCCCCCCN=C(N)NCCCCN. The highest BCUT2D eigenvalue weighted by molar-refractivity contribution is 5.77.